The van der Waals surface area contributed by atoms with Crippen molar-refractivity contribution in [1.29, 1.82) is 0 Å². The molecule has 104 valence electrons. The number of alkyl halides is 1. The number of benzene rings is 2. The second-order valence-corrected chi connectivity index (χ2v) is 6.44. The Morgan fingerprint density at radius 1 is 1.10 bits per heavy atom. The van der Waals surface area contributed by atoms with Gasteiger partial charge in [-0.25, -0.2) is 8.78 Å². The molecule has 0 radical (unpaired) electrons. The van der Waals surface area contributed by atoms with Crippen LogP contribution in [0.3, 0.4) is 0 Å². The maximum Gasteiger partial charge on any atom is 0.130 e. The molecule has 2 aromatic carbocycles. The van der Waals surface area contributed by atoms with Crippen molar-refractivity contribution in [2.24, 2.45) is 0 Å². The molecule has 3 rings (SSSR count). The largest absolute Gasteiger partial charge is 0.493 e. The van der Waals surface area contributed by atoms with Gasteiger partial charge < -0.3 is 4.74 Å². The van der Waals surface area contributed by atoms with E-state index in [0.29, 0.717) is 12.2 Å². The third kappa shape index (κ3) is 2.49. The first-order valence-electron chi connectivity index (χ1n) is 6.10. The summed E-state index contributed by atoms with van der Waals surface area (Å²) in [6.45, 7) is 0.629. The maximum absolute atomic E-state index is 13.9. The number of hydrogen-bond acceptors (Lipinski definition) is 1. The lowest BCUT2D eigenvalue weighted by Gasteiger charge is -2.16. The zero-order valence-corrected chi connectivity index (χ0v) is 13.5. The van der Waals surface area contributed by atoms with Gasteiger partial charge >= 0.3 is 0 Å². The van der Waals surface area contributed by atoms with Crippen molar-refractivity contribution < 1.29 is 13.5 Å². The Balaban J connectivity index is 2.09. The first kappa shape index (κ1) is 14.0. The summed E-state index contributed by atoms with van der Waals surface area (Å²) in [5.41, 5.74) is 2.33. The summed E-state index contributed by atoms with van der Waals surface area (Å²) in [6, 6.07) is 7.50. The van der Waals surface area contributed by atoms with E-state index >= 15 is 0 Å². The van der Waals surface area contributed by atoms with Crippen LogP contribution in [0.5, 0.6) is 5.75 Å². The molecule has 0 aliphatic carbocycles. The number of hydrogen-bond donors (Lipinski definition) is 0. The molecule has 1 unspecified atom stereocenters. The Morgan fingerprint density at radius 3 is 2.65 bits per heavy atom. The van der Waals surface area contributed by atoms with Gasteiger partial charge in [0.1, 0.15) is 17.4 Å². The minimum atomic E-state index is -0.582. The fourth-order valence-electron chi connectivity index (χ4n) is 2.36. The fourth-order valence-corrected chi connectivity index (χ4v) is 3.60. The molecule has 0 N–H and O–H groups in total. The summed E-state index contributed by atoms with van der Waals surface area (Å²) >= 11 is 6.95. The molecule has 1 aliphatic heterocycles. The molecule has 1 heterocycles. The molecule has 0 bridgehead atoms. The van der Waals surface area contributed by atoms with Crippen molar-refractivity contribution in [2.45, 2.75) is 11.2 Å². The molecule has 1 nitrogen and oxygen atoms in total. The third-order valence-electron chi connectivity index (χ3n) is 3.29. The molecule has 0 fully saturated rings. The van der Waals surface area contributed by atoms with E-state index in [0.717, 1.165) is 33.8 Å². The van der Waals surface area contributed by atoms with Crippen LogP contribution in [-0.2, 0) is 6.42 Å². The second kappa shape index (κ2) is 5.45. The summed E-state index contributed by atoms with van der Waals surface area (Å²) in [5.74, 6) is -0.362. The zero-order valence-electron chi connectivity index (χ0n) is 10.3. The molecule has 2 aromatic rings. The SMILES string of the molecule is Fc1ccc(C(Br)c2cc(Br)cc3c2OCC3)c(F)c1. The molecule has 1 aliphatic rings. The van der Waals surface area contributed by atoms with Crippen LogP contribution in [0.4, 0.5) is 8.78 Å². The topological polar surface area (TPSA) is 9.23 Å². The van der Waals surface area contributed by atoms with E-state index in [1.807, 2.05) is 12.1 Å². The first-order valence-corrected chi connectivity index (χ1v) is 7.81. The lowest BCUT2D eigenvalue weighted by molar-refractivity contribution is 0.354. The van der Waals surface area contributed by atoms with Gasteiger partial charge in [-0.15, -0.1) is 0 Å². The standard InChI is InChI=1S/C15H10Br2F2O/c16-9-5-8-3-4-20-15(8)12(6-9)14(17)11-2-1-10(18)7-13(11)19/h1-2,5-7,14H,3-4H2. The number of fused-ring (bicyclic) bond motifs is 1. The van der Waals surface area contributed by atoms with Gasteiger partial charge in [-0.1, -0.05) is 37.9 Å². The van der Waals surface area contributed by atoms with Crippen LogP contribution >= 0.6 is 31.9 Å². The Bertz CT molecular complexity index is 673. The molecule has 0 spiro atoms. The Labute approximate surface area is 132 Å². The molecular formula is C15H10Br2F2O. The monoisotopic (exact) mass is 402 g/mol. The first-order chi connectivity index (χ1) is 9.56. The fraction of sp³-hybridized carbons (Fsp3) is 0.200. The number of rotatable bonds is 2. The summed E-state index contributed by atoms with van der Waals surface area (Å²) in [5, 5.41) is 0. The maximum atomic E-state index is 13.9. The lowest BCUT2D eigenvalue weighted by atomic mass is 10.0. The van der Waals surface area contributed by atoms with Crippen LogP contribution in [0.15, 0.2) is 34.8 Å². The van der Waals surface area contributed by atoms with Crippen molar-refractivity contribution in [1.82, 2.24) is 0 Å². The van der Waals surface area contributed by atoms with Crippen LogP contribution in [0, 0.1) is 11.6 Å². The highest BCUT2D eigenvalue weighted by molar-refractivity contribution is 9.10. The zero-order chi connectivity index (χ0) is 14.3. The summed E-state index contributed by atoms with van der Waals surface area (Å²) in [4.78, 5) is -0.382. The second-order valence-electron chi connectivity index (χ2n) is 4.61. The van der Waals surface area contributed by atoms with Gasteiger partial charge in [-0.05, 0) is 23.8 Å². The highest BCUT2D eigenvalue weighted by atomic mass is 79.9. The van der Waals surface area contributed by atoms with Crippen LogP contribution in [0.25, 0.3) is 0 Å². The van der Waals surface area contributed by atoms with E-state index in [4.69, 9.17) is 4.74 Å². The molecule has 0 saturated carbocycles. The highest BCUT2D eigenvalue weighted by Crippen LogP contribution is 2.43. The van der Waals surface area contributed by atoms with E-state index in [1.165, 1.54) is 12.1 Å². The molecular weight excluding hydrogens is 394 g/mol. The molecule has 0 saturated heterocycles. The summed E-state index contributed by atoms with van der Waals surface area (Å²) in [6.07, 6.45) is 0.841. The van der Waals surface area contributed by atoms with Gasteiger partial charge in [0.05, 0.1) is 11.4 Å². The normalized spacial score (nSPS) is 14.8. The smallest absolute Gasteiger partial charge is 0.130 e. The van der Waals surface area contributed by atoms with E-state index in [-0.39, 0.29) is 4.83 Å². The Hall–Kier alpha value is -0.940. The van der Waals surface area contributed by atoms with Crippen LogP contribution in [0.1, 0.15) is 21.5 Å². The summed E-state index contributed by atoms with van der Waals surface area (Å²) < 4.78 is 33.5. The quantitative estimate of drug-likeness (QED) is 0.630. The van der Waals surface area contributed by atoms with Crippen molar-refractivity contribution in [3.05, 3.63) is 63.1 Å². The van der Waals surface area contributed by atoms with Crippen molar-refractivity contribution in [2.75, 3.05) is 6.61 Å². The van der Waals surface area contributed by atoms with Gasteiger partial charge in [0.2, 0.25) is 0 Å². The van der Waals surface area contributed by atoms with E-state index < -0.39 is 11.6 Å². The van der Waals surface area contributed by atoms with E-state index in [9.17, 15) is 8.78 Å². The molecule has 1 atom stereocenters. The average molecular weight is 404 g/mol. The van der Waals surface area contributed by atoms with Gasteiger partial charge in [-0.3, -0.25) is 0 Å². The molecule has 0 amide bonds. The predicted molar refractivity (Wildman–Crippen MR) is 80.5 cm³/mol. The average Bonchev–Trinajstić information content (AvgIpc) is 2.85. The summed E-state index contributed by atoms with van der Waals surface area (Å²) in [7, 11) is 0. The van der Waals surface area contributed by atoms with Crippen molar-refractivity contribution in [3.8, 4) is 5.75 Å². The Morgan fingerprint density at radius 2 is 1.90 bits per heavy atom. The number of ether oxygens (including phenoxy) is 1. The van der Waals surface area contributed by atoms with Gasteiger partial charge in [0.25, 0.3) is 0 Å². The van der Waals surface area contributed by atoms with Crippen LogP contribution < -0.4 is 4.74 Å². The minimum absolute atomic E-state index is 0.382. The van der Waals surface area contributed by atoms with Crippen molar-refractivity contribution in [3.63, 3.8) is 0 Å². The molecule has 0 aromatic heterocycles. The van der Waals surface area contributed by atoms with E-state index in [1.54, 1.807) is 0 Å². The third-order valence-corrected chi connectivity index (χ3v) is 4.73. The Kier molecular flexibility index (Phi) is 3.82. The van der Waals surface area contributed by atoms with Crippen LogP contribution in [-0.4, -0.2) is 6.61 Å². The van der Waals surface area contributed by atoms with Crippen LogP contribution in [0.2, 0.25) is 0 Å². The van der Waals surface area contributed by atoms with E-state index in [2.05, 4.69) is 31.9 Å². The molecule has 5 heteroatoms. The molecule has 20 heavy (non-hydrogen) atoms. The lowest BCUT2D eigenvalue weighted by Crippen LogP contribution is -2.00. The predicted octanol–water partition coefficient (Wildman–Crippen LogP) is 5.15. The minimum Gasteiger partial charge on any atom is -0.493 e. The number of halogens is 4. The van der Waals surface area contributed by atoms with Crippen molar-refractivity contribution >= 4 is 31.9 Å². The van der Waals surface area contributed by atoms with Gasteiger partial charge in [-0.2, -0.15) is 0 Å². The highest BCUT2D eigenvalue weighted by Gasteiger charge is 2.24. The van der Waals surface area contributed by atoms with Gasteiger partial charge in [0, 0.05) is 28.1 Å². The van der Waals surface area contributed by atoms with Gasteiger partial charge in [0.15, 0.2) is 0 Å².